The molecule has 0 aliphatic heterocycles. The predicted molar refractivity (Wildman–Crippen MR) is 86.3 cm³/mol. The van der Waals surface area contributed by atoms with Crippen LogP contribution in [0.3, 0.4) is 0 Å². The molecular weight excluding hydrogens is 270 g/mol. The Balaban J connectivity index is 2.21. The van der Waals surface area contributed by atoms with Crippen molar-refractivity contribution in [3.05, 3.63) is 35.9 Å². The van der Waals surface area contributed by atoms with Crippen LogP contribution < -0.4 is 10.5 Å². The van der Waals surface area contributed by atoms with Crippen molar-refractivity contribution in [2.24, 2.45) is 5.73 Å². The van der Waals surface area contributed by atoms with E-state index in [1.165, 1.54) is 0 Å². The van der Waals surface area contributed by atoms with E-state index in [-0.39, 0.29) is 0 Å². The van der Waals surface area contributed by atoms with Gasteiger partial charge in [0.25, 0.3) is 0 Å². The number of rotatable bonds is 6. The van der Waals surface area contributed by atoms with Crippen LogP contribution in [-0.4, -0.2) is 42.1 Å². The average molecular weight is 289 g/mol. The van der Waals surface area contributed by atoms with Gasteiger partial charge in [-0.05, 0) is 32.6 Å². The highest BCUT2D eigenvalue weighted by Gasteiger charge is 2.10. The number of benzene rings is 1. The summed E-state index contributed by atoms with van der Waals surface area (Å²) in [7, 11) is 4.07. The van der Waals surface area contributed by atoms with Crippen molar-refractivity contribution >= 4 is 28.1 Å². The molecule has 0 fully saturated rings. The van der Waals surface area contributed by atoms with E-state index >= 15 is 0 Å². The van der Waals surface area contributed by atoms with E-state index in [0.717, 1.165) is 23.9 Å². The molecule has 20 heavy (non-hydrogen) atoms. The van der Waals surface area contributed by atoms with Crippen LogP contribution in [0.5, 0.6) is 5.88 Å². The molecule has 0 saturated carbocycles. The maximum atomic E-state index is 5.76. The minimum absolute atomic E-state index is 0.311. The molecule has 4 nitrogen and oxygen atoms in total. The fraction of sp³-hybridized carbons (Fsp3) is 0.333. The first-order valence-corrected chi connectivity index (χ1v) is 6.96. The fourth-order valence-corrected chi connectivity index (χ4v) is 2.08. The normalized spacial score (nSPS) is 10.9. The van der Waals surface area contributed by atoms with E-state index in [9.17, 15) is 0 Å². The van der Waals surface area contributed by atoms with Crippen LogP contribution in [0.15, 0.2) is 30.3 Å². The fourth-order valence-electron chi connectivity index (χ4n) is 1.93. The summed E-state index contributed by atoms with van der Waals surface area (Å²) in [6.07, 6.45) is 0.929. The number of aromatic nitrogens is 1. The van der Waals surface area contributed by atoms with Crippen LogP contribution in [-0.2, 0) is 0 Å². The molecule has 0 atom stereocenters. The first-order valence-electron chi connectivity index (χ1n) is 6.55. The number of nitrogens with two attached hydrogens (primary N) is 1. The largest absolute Gasteiger partial charge is 0.477 e. The Morgan fingerprint density at radius 2 is 2.10 bits per heavy atom. The van der Waals surface area contributed by atoms with Crippen LogP contribution >= 0.6 is 12.2 Å². The lowest BCUT2D eigenvalue weighted by Crippen LogP contribution is -2.17. The minimum atomic E-state index is 0.311. The lowest BCUT2D eigenvalue weighted by molar-refractivity contribution is 0.273. The third kappa shape index (κ3) is 3.65. The van der Waals surface area contributed by atoms with Crippen LogP contribution in [0.2, 0.25) is 0 Å². The molecule has 1 heterocycles. The van der Waals surface area contributed by atoms with Gasteiger partial charge in [0.15, 0.2) is 0 Å². The maximum absolute atomic E-state index is 5.76. The molecule has 0 aliphatic carbocycles. The van der Waals surface area contributed by atoms with Gasteiger partial charge < -0.3 is 15.4 Å². The number of hydrogen-bond acceptors (Lipinski definition) is 4. The van der Waals surface area contributed by atoms with E-state index in [2.05, 4.69) is 9.88 Å². The summed E-state index contributed by atoms with van der Waals surface area (Å²) in [5, 5.41) is 1.01. The number of ether oxygens (including phenoxy) is 1. The third-order valence-electron chi connectivity index (χ3n) is 2.94. The molecule has 0 amide bonds. The van der Waals surface area contributed by atoms with Crippen molar-refractivity contribution < 1.29 is 4.74 Å². The zero-order valence-corrected chi connectivity index (χ0v) is 12.6. The Kier molecular flexibility index (Phi) is 4.87. The standard InChI is InChI=1S/C15H19N3OS/c1-18(2)8-5-9-19-15-12(14(16)20)10-11-6-3-4-7-13(11)17-15/h3-4,6-7,10H,5,8-9H2,1-2H3,(H2,16,20). The van der Waals surface area contributed by atoms with Crippen molar-refractivity contribution in [1.82, 2.24) is 9.88 Å². The van der Waals surface area contributed by atoms with E-state index in [0.29, 0.717) is 23.0 Å². The quantitative estimate of drug-likeness (QED) is 0.652. The predicted octanol–water partition coefficient (Wildman–Crippen LogP) is 2.20. The highest BCUT2D eigenvalue weighted by Crippen LogP contribution is 2.22. The summed E-state index contributed by atoms with van der Waals surface area (Å²) < 4.78 is 5.75. The SMILES string of the molecule is CN(C)CCCOc1nc2ccccc2cc1C(N)=S. The second-order valence-electron chi connectivity index (χ2n) is 4.90. The molecule has 1 aromatic heterocycles. The highest BCUT2D eigenvalue weighted by atomic mass is 32.1. The summed E-state index contributed by atoms with van der Waals surface area (Å²) >= 11 is 5.08. The van der Waals surface area contributed by atoms with Gasteiger partial charge in [-0.2, -0.15) is 0 Å². The highest BCUT2D eigenvalue weighted by molar-refractivity contribution is 7.80. The second kappa shape index (κ2) is 6.63. The molecule has 0 radical (unpaired) electrons. The van der Waals surface area contributed by atoms with E-state index in [1.54, 1.807) is 0 Å². The van der Waals surface area contributed by atoms with Crippen molar-refractivity contribution in [3.8, 4) is 5.88 Å². The van der Waals surface area contributed by atoms with Crippen molar-refractivity contribution in [1.29, 1.82) is 0 Å². The number of para-hydroxylation sites is 1. The van der Waals surface area contributed by atoms with Gasteiger partial charge >= 0.3 is 0 Å². The van der Waals surface area contributed by atoms with Gasteiger partial charge in [-0.3, -0.25) is 0 Å². The smallest absolute Gasteiger partial charge is 0.224 e. The second-order valence-corrected chi connectivity index (χ2v) is 5.34. The first-order chi connectivity index (χ1) is 9.58. The van der Waals surface area contributed by atoms with Gasteiger partial charge in [0.2, 0.25) is 5.88 Å². The van der Waals surface area contributed by atoms with Crippen LogP contribution in [0.25, 0.3) is 10.9 Å². The molecule has 2 N–H and O–H groups in total. The Hall–Kier alpha value is -1.72. The molecule has 0 spiro atoms. The van der Waals surface area contributed by atoms with Gasteiger partial charge in [0, 0.05) is 11.9 Å². The van der Waals surface area contributed by atoms with Gasteiger partial charge in [-0.25, -0.2) is 4.98 Å². The molecule has 106 valence electrons. The lowest BCUT2D eigenvalue weighted by Gasteiger charge is -2.13. The molecule has 0 saturated heterocycles. The van der Waals surface area contributed by atoms with Crippen molar-refractivity contribution in [2.75, 3.05) is 27.2 Å². The molecule has 0 unspecified atom stereocenters. The topological polar surface area (TPSA) is 51.4 Å². The molecule has 2 rings (SSSR count). The van der Waals surface area contributed by atoms with E-state index in [1.807, 2.05) is 44.4 Å². The molecular formula is C15H19N3OS. The van der Waals surface area contributed by atoms with E-state index < -0.39 is 0 Å². The first kappa shape index (κ1) is 14.7. The summed E-state index contributed by atoms with van der Waals surface area (Å²) in [4.78, 5) is 6.94. The lowest BCUT2D eigenvalue weighted by atomic mass is 10.1. The molecule has 5 heteroatoms. The van der Waals surface area contributed by atoms with Crippen LogP contribution in [0, 0.1) is 0 Å². The van der Waals surface area contributed by atoms with Gasteiger partial charge in [0.1, 0.15) is 4.99 Å². The number of nitrogens with zero attached hydrogens (tertiary/aromatic N) is 2. The number of pyridine rings is 1. The number of fused-ring (bicyclic) bond motifs is 1. The zero-order valence-electron chi connectivity index (χ0n) is 11.8. The maximum Gasteiger partial charge on any atom is 0.224 e. The molecule has 0 bridgehead atoms. The van der Waals surface area contributed by atoms with Crippen LogP contribution in [0.1, 0.15) is 12.0 Å². The Bertz CT molecular complexity index is 613. The summed E-state index contributed by atoms with van der Waals surface area (Å²) in [5.74, 6) is 0.523. The number of hydrogen-bond donors (Lipinski definition) is 1. The van der Waals surface area contributed by atoms with Gasteiger partial charge in [-0.15, -0.1) is 0 Å². The Morgan fingerprint density at radius 3 is 2.80 bits per heavy atom. The van der Waals surface area contributed by atoms with Gasteiger partial charge in [0.05, 0.1) is 17.7 Å². The minimum Gasteiger partial charge on any atom is -0.477 e. The van der Waals surface area contributed by atoms with E-state index in [4.69, 9.17) is 22.7 Å². The van der Waals surface area contributed by atoms with Crippen molar-refractivity contribution in [2.45, 2.75) is 6.42 Å². The Morgan fingerprint density at radius 1 is 1.35 bits per heavy atom. The zero-order chi connectivity index (χ0) is 14.5. The van der Waals surface area contributed by atoms with Crippen molar-refractivity contribution in [3.63, 3.8) is 0 Å². The van der Waals surface area contributed by atoms with Crippen LogP contribution in [0.4, 0.5) is 0 Å². The summed E-state index contributed by atoms with van der Waals surface area (Å²) in [6.45, 7) is 1.56. The molecule has 1 aromatic carbocycles. The van der Waals surface area contributed by atoms with Gasteiger partial charge in [-0.1, -0.05) is 30.4 Å². The number of thiocarbonyl (C=S) groups is 1. The monoisotopic (exact) mass is 289 g/mol. The third-order valence-corrected chi connectivity index (χ3v) is 3.16. The summed E-state index contributed by atoms with van der Waals surface area (Å²) in [5.41, 5.74) is 7.34. The molecule has 0 aliphatic rings. The Labute approximate surface area is 124 Å². The molecule has 2 aromatic rings. The summed E-state index contributed by atoms with van der Waals surface area (Å²) in [6, 6.07) is 9.79. The average Bonchev–Trinajstić information content (AvgIpc) is 2.42.